The van der Waals surface area contributed by atoms with Crippen molar-refractivity contribution in [1.29, 1.82) is 0 Å². The van der Waals surface area contributed by atoms with E-state index in [9.17, 15) is 4.79 Å². The van der Waals surface area contributed by atoms with Gasteiger partial charge in [-0.25, -0.2) is 4.79 Å². The van der Waals surface area contributed by atoms with Crippen molar-refractivity contribution in [2.24, 2.45) is 11.8 Å². The maximum atomic E-state index is 11.9. The third-order valence-corrected chi connectivity index (χ3v) is 3.67. The van der Waals surface area contributed by atoms with E-state index in [2.05, 4.69) is 26.0 Å². The zero-order chi connectivity index (χ0) is 13.4. The number of allylic oxidation sites excluding steroid dienone is 3. The monoisotopic (exact) mass is 250 g/mol. The van der Waals surface area contributed by atoms with Crippen LogP contribution in [0.4, 0.5) is 0 Å². The zero-order valence-corrected chi connectivity index (χ0v) is 11.9. The van der Waals surface area contributed by atoms with Crippen LogP contribution in [0.1, 0.15) is 52.9 Å². The summed E-state index contributed by atoms with van der Waals surface area (Å²) in [5.74, 6) is 0.989. The standard InChI is InChI=1S/C16H26O2/c1-4-6-10-14(5-2)16(17)18-12-15-11-8-7-9-13(15)3/h7-8,10,13,15H,4-6,9,11-12H2,1-3H3/b14-10+. The van der Waals surface area contributed by atoms with Crippen molar-refractivity contribution >= 4 is 5.97 Å². The molecule has 1 aliphatic rings. The van der Waals surface area contributed by atoms with Crippen LogP contribution in [0.25, 0.3) is 0 Å². The van der Waals surface area contributed by atoms with Gasteiger partial charge in [-0.05, 0) is 37.5 Å². The molecule has 0 aromatic carbocycles. The van der Waals surface area contributed by atoms with Gasteiger partial charge in [-0.15, -0.1) is 0 Å². The Morgan fingerprint density at radius 2 is 2.06 bits per heavy atom. The molecule has 0 bridgehead atoms. The fourth-order valence-corrected chi connectivity index (χ4v) is 2.20. The summed E-state index contributed by atoms with van der Waals surface area (Å²) < 4.78 is 5.46. The maximum absolute atomic E-state index is 11.9. The quantitative estimate of drug-likeness (QED) is 0.400. The Balaban J connectivity index is 2.42. The first kappa shape index (κ1) is 15.0. The highest BCUT2D eigenvalue weighted by molar-refractivity contribution is 5.88. The van der Waals surface area contributed by atoms with Gasteiger partial charge in [0.2, 0.25) is 0 Å². The van der Waals surface area contributed by atoms with Gasteiger partial charge in [0.15, 0.2) is 0 Å². The molecule has 102 valence electrons. The van der Waals surface area contributed by atoms with Crippen molar-refractivity contribution in [3.63, 3.8) is 0 Å². The van der Waals surface area contributed by atoms with Crippen LogP contribution in [0.2, 0.25) is 0 Å². The number of hydrogen-bond donors (Lipinski definition) is 0. The van der Waals surface area contributed by atoms with Crippen molar-refractivity contribution in [3.05, 3.63) is 23.8 Å². The van der Waals surface area contributed by atoms with Gasteiger partial charge in [-0.3, -0.25) is 0 Å². The summed E-state index contributed by atoms with van der Waals surface area (Å²) >= 11 is 0. The van der Waals surface area contributed by atoms with E-state index in [1.165, 1.54) is 0 Å². The molecule has 2 unspecified atom stereocenters. The number of rotatable bonds is 6. The molecule has 1 aliphatic carbocycles. The minimum atomic E-state index is -0.118. The van der Waals surface area contributed by atoms with Gasteiger partial charge in [-0.2, -0.15) is 0 Å². The molecule has 18 heavy (non-hydrogen) atoms. The van der Waals surface area contributed by atoms with Crippen molar-refractivity contribution in [1.82, 2.24) is 0 Å². The molecule has 0 amide bonds. The van der Waals surface area contributed by atoms with E-state index in [-0.39, 0.29) is 5.97 Å². The molecule has 2 nitrogen and oxygen atoms in total. The van der Waals surface area contributed by atoms with E-state index in [4.69, 9.17) is 4.74 Å². The zero-order valence-electron chi connectivity index (χ0n) is 11.9. The summed E-state index contributed by atoms with van der Waals surface area (Å²) in [4.78, 5) is 11.9. The van der Waals surface area contributed by atoms with Gasteiger partial charge in [0.1, 0.15) is 0 Å². The Hall–Kier alpha value is -1.05. The second-order valence-electron chi connectivity index (χ2n) is 5.15. The van der Waals surface area contributed by atoms with E-state index >= 15 is 0 Å². The summed E-state index contributed by atoms with van der Waals surface area (Å²) in [6.07, 6.45) is 11.4. The van der Waals surface area contributed by atoms with Gasteiger partial charge >= 0.3 is 5.97 Å². The molecule has 0 aromatic rings. The maximum Gasteiger partial charge on any atom is 0.333 e. The number of esters is 1. The number of hydrogen-bond acceptors (Lipinski definition) is 2. The SMILES string of the molecule is CCC/C=C(\CC)C(=O)OCC1CC=CCC1C. The van der Waals surface area contributed by atoms with Crippen molar-refractivity contribution < 1.29 is 9.53 Å². The summed E-state index contributed by atoms with van der Waals surface area (Å²) in [7, 11) is 0. The number of carbonyl (C=O) groups excluding carboxylic acids is 1. The average Bonchev–Trinajstić information content (AvgIpc) is 2.38. The Bertz CT molecular complexity index is 315. The van der Waals surface area contributed by atoms with Crippen LogP contribution in [-0.4, -0.2) is 12.6 Å². The summed E-state index contributed by atoms with van der Waals surface area (Å²) in [6, 6.07) is 0. The molecule has 1 rings (SSSR count). The largest absolute Gasteiger partial charge is 0.462 e. The van der Waals surface area contributed by atoms with Gasteiger partial charge in [0.25, 0.3) is 0 Å². The van der Waals surface area contributed by atoms with Crippen molar-refractivity contribution in [3.8, 4) is 0 Å². The van der Waals surface area contributed by atoms with Crippen molar-refractivity contribution in [2.75, 3.05) is 6.61 Å². The van der Waals surface area contributed by atoms with E-state index in [1.807, 2.05) is 13.0 Å². The molecule has 2 atom stereocenters. The summed E-state index contributed by atoms with van der Waals surface area (Å²) in [5, 5.41) is 0. The van der Waals surface area contributed by atoms with Gasteiger partial charge in [0.05, 0.1) is 6.61 Å². The van der Waals surface area contributed by atoms with Gasteiger partial charge in [-0.1, -0.05) is 45.4 Å². The number of carbonyl (C=O) groups is 1. The predicted octanol–water partition coefficient (Wildman–Crippen LogP) is 4.27. The van der Waals surface area contributed by atoms with Crippen LogP contribution in [0.3, 0.4) is 0 Å². The first-order valence-electron chi connectivity index (χ1n) is 7.20. The molecule has 0 spiro atoms. The minimum Gasteiger partial charge on any atom is -0.462 e. The normalized spacial score (nSPS) is 24.1. The molecule has 2 heteroatoms. The van der Waals surface area contributed by atoms with Crippen LogP contribution in [0.15, 0.2) is 23.8 Å². The van der Waals surface area contributed by atoms with Crippen molar-refractivity contribution in [2.45, 2.75) is 52.9 Å². The molecule has 0 heterocycles. The second-order valence-corrected chi connectivity index (χ2v) is 5.15. The molecule has 0 N–H and O–H groups in total. The molecule has 0 radical (unpaired) electrons. The van der Waals surface area contributed by atoms with Gasteiger partial charge in [0, 0.05) is 5.57 Å². The van der Waals surface area contributed by atoms with Crippen LogP contribution in [0.5, 0.6) is 0 Å². The summed E-state index contributed by atoms with van der Waals surface area (Å²) in [6.45, 7) is 6.92. The minimum absolute atomic E-state index is 0.118. The smallest absolute Gasteiger partial charge is 0.333 e. The Morgan fingerprint density at radius 3 is 2.67 bits per heavy atom. The lowest BCUT2D eigenvalue weighted by Crippen LogP contribution is -2.22. The topological polar surface area (TPSA) is 26.3 Å². The fourth-order valence-electron chi connectivity index (χ4n) is 2.20. The van der Waals surface area contributed by atoms with Crippen LogP contribution < -0.4 is 0 Å². The third kappa shape index (κ3) is 4.67. The van der Waals surface area contributed by atoms with Crippen LogP contribution >= 0.6 is 0 Å². The first-order valence-corrected chi connectivity index (χ1v) is 7.20. The predicted molar refractivity (Wildman–Crippen MR) is 75.3 cm³/mol. The van der Waals surface area contributed by atoms with E-state index in [0.29, 0.717) is 18.4 Å². The van der Waals surface area contributed by atoms with E-state index < -0.39 is 0 Å². The van der Waals surface area contributed by atoms with Crippen LogP contribution in [0, 0.1) is 11.8 Å². The Labute approximate surface area is 111 Å². The highest BCUT2D eigenvalue weighted by Crippen LogP contribution is 2.25. The lowest BCUT2D eigenvalue weighted by molar-refractivity contribution is -0.141. The molecule has 0 saturated carbocycles. The van der Waals surface area contributed by atoms with E-state index in [1.54, 1.807) is 0 Å². The molecule has 0 aromatic heterocycles. The number of unbranched alkanes of at least 4 members (excludes halogenated alkanes) is 1. The van der Waals surface area contributed by atoms with E-state index in [0.717, 1.165) is 37.7 Å². The lowest BCUT2D eigenvalue weighted by Gasteiger charge is -2.24. The first-order chi connectivity index (χ1) is 8.69. The molecular formula is C16H26O2. The third-order valence-electron chi connectivity index (χ3n) is 3.67. The fraction of sp³-hybridized carbons (Fsp3) is 0.688. The Morgan fingerprint density at radius 1 is 1.33 bits per heavy atom. The lowest BCUT2D eigenvalue weighted by atomic mass is 9.85. The molecule has 0 fully saturated rings. The van der Waals surface area contributed by atoms with Gasteiger partial charge < -0.3 is 4.74 Å². The number of ether oxygens (including phenoxy) is 1. The average molecular weight is 250 g/mol. The molecule has 0 saturated heterocycles. The summed E-state index contributed by atoms with van der Waals surface area (Å²) in [5.41, 5.74) is 0.829. The van der Waals surface area contributed by atoms with Crippen LogP contribution in [-0.2, 0) is 9.53 Å². The highest BCUT2D eigenvalue weighted by Gasteiger charge is 2.20. The molecular weight excluding hydrogens is 224 g/mol. The Kier molecular flexibility index (Phi) is 6.77. The molecule has 0 aliphatic heterocycles. The second kappa shape index (κ2) is 8.12. The highest BCUT2D eigenvalue weighted by atomic mass is 16.5.